The van der Waals surface area contributed by atoms with Gasteiger partial charge in [-0.25, -0.2) is 0 Å². The third-order valence-corrected chi connectivity index (χ3v) is 11.3. The monoisotopic (exact) mass is 1090 g/mol. The molecule has 392 valence electrons. The number of ketones is 2. The molecule has 5 aromatic carbocycles. The molecule has 0 amide bonds. The second kappa shape index (κ2) is 19.9. The molecule has 0 saturated carbocycles. The molecule has 0 radical (unpaired) electrons. The van der Waals surface area contributed by atoms with E-state index in [2.05, 4.69) is 0 Å². The fraction of sp³-hybridized carbons (Fsp3) is 0.273. The number of hydrogen-bond donors (Lipinski definition) is 0. The highest BCUT2D eigenvalue weighted by molar-refractivity contribution is 7.96. The molecule has 72 heavy (non-hydrogen) atoms. The first-order chi connectivity index (χ1) is 32.3. The molecule has 0 aromatic heterocycles. The van der Waals surface area contributed by atoms with Gasteiger partial charge in [0, 0.05) is 11.1 Å². The number of benzene rings is 5. The normalized spacial score (nSPS) is 13.5. The van der Waals surface area contributed by atoms with Gasteiger partial charge < -0.3 is 0 Å². The van der Waals surface area contributed by atoms with Gasteiger partial charge >= 0.3 is 49.4 Å². The minimum absolute atomic E-state index is 0.0500. The summed E-state index contributed by atoms with van der Waals surface area (Å²) in [7, 11) is 0.0715. The zero-order valence-corrected chi connectivity index (χ0v) is 36.6. The number of halogens is 24. The van der Waals surface area contributed by atoms with Gasteiger partial charge in [0.1, 0.15) is 6.15 Å². The summed E-state index contributed by atoms with van der Waals surface area (Å²) in [6, 6.07) is -1.80. The Morgan fingerprint density at radius 3 is 0.722 bits per heavy atom. The predicted octanol–water partition coefficient (Wildman–Crippen LogP) is 13.2. The van der Waals surface area contributed by atoms with E-state index in [4.69, 9.17) is 0 Å². The molecule has 2 nitrogen and oxygen atoms in total. The van der Waals surface area contributed by atoms with E-state index in [0.717, 1.165) is 0 Å². The van der Waals surface area contributed by atoms with Gasteiger partial charge in [0.25, 0.3) is 0 Å². The molecule has 0 atom stereocenters. The number of carbonyl (C=O) groups is 2. The molecular formula is C44H27BF24O2S. The summed E-state index contributed by atoms with van der Waals surface area (Å²) in [5, 5.41) is 0. The van der Waals surface area contributed by atoms with Crippen molar-refractivity contribution < 1.29 is 115 Å². The van der Waals surface area contributed by atoms with E-state index in [0.29, 0.717) is 16.9 Å². The Kier molecular flexibility index (Phi) is 16.2. The summed E-state index contributed by atoms with van der Waals surface area (Å²) in [5.41, 5.74) is -29.1. The Morgan fingerprint density at radius 1 is 0.361 bits per heavy atom. The van der Waals surface area contributed by atoms with E-state index in [1.807, 2.05) is 12.5 Å². The second-order valence-corrected chi connectivity index (χ2v) is 18.1. The molecule has 5 rings (SSSR count). The van der Waals surface area contributed by atoms with Gasteiger partial charge in [0.05, 0.1) is 57.0 Å². The maximum atomic E-state index is 14.2. The zero-order valence-electron chi connectivity index (χ0n) is 35.8. The van der Waals surface area contributed by atoms with Crippen molar-refractivity contribution in [2.75, 3.05) is 18.3 Å². The van der Waals surface area contributed by atoms with E-state index in [1.54, 1.807) is 24.3 Å². The van der Waals surface area contributed by atoms with Crippen LogP contribution in [0.2, 0.25) is 0 Å². The van der Waals surface area contributed by atoms with Gasteiger partial charge in [-0.1, -0.05) is 72.8 Å². The predicted molar refractivity (Wildman–Crippen MR) is 215 cm³/mol. The minimum Gasteiger partial charge on any atom is -0.294 e. The molecule has 28 heteroatoms. The van der Waals surface area contributed by atoms with Crippen molar-refractivity contribution in [3.63, 3.8) is 0 Å². The second-order valence-electron chi connectivity index (χ2n) is 15.9. The maximum absolute atomic E-state index is 14.2. The van der Waals surface area contributed by atoms with Gasteiger partial charge in [-0.15, -0.1) is 0 Å². The number of carbonyl (C=O) groups excluding carboxylic acids is 2. The Balaban J connectivity index is 0.000000639. The first kappa shape index (κ1) is 58.7. The average molecular weight is 1090 g/mol. The molecule has 0 aliphatic rings. The standard InChI is InChI=1S/C32H12BF24.C12H15O2S/c34-25(35,36)13-1-14(26(37,38)39)6-21(5-13)33(22-7-15(27(40,41)42)2-16(8-22)28(43,44)45,23-9-17(29(46,47)48)3-18(10-23)30(49,50)51)24-11-19(31(52,53)54)4-20(12-24)32(55,56)57;1-9(13)10-6-4-5-7-11(10)12(14)8-15(2)3/h1-12H;4-7H,8H2,1-3H3/q-1;+1. The topological polar surface area (TPSA) is 34.1 Å². The molecule has 0 aliphatic carbocycles. The summed E-state index contributed by atoms with van der Waals surface area (Å²) in [6.45, 7) is 1.49. The van der Waals surface area contributed by atoms with E-state index in [9.17, 15) is 115 Å². The highest BCUT2D eigenvalue weighted by Crippen LogP contribution is 2.41. The summed E-state index contributed by atoms with van der Waals surface area (Å²) in [6.07, 6.45) is -50.8. The molecule has 0 N–H and O–H groups in total. The lowest BCUT2D eigenvalue weighted by Crippen LogP contribution is -2.75. The van der Waals surface area contributed by atoms with E-state index < -0.39 is 195 Å². The number of hydrogen-bond acceptors (Lipinski definition) is 2. The highest BCUT2D eigenvalue weighted by Gasteiger charge is 2.47. The van der Waals surface area contributed by atoms with Crippen LogP contribution in [-0.4, -0.2) is 36.0 Å². The van der Waals surface area contributed by atoms with Gasteiger partial charge in [0.15, 0.2) is 11.5 Å². The van der Waals surface area contributed by atoms with Crippen LogP contribution >= 0.6 is 0 Å². The fourth-order valence-corrected chi connectivity index (χ4v) is 8.12. The van der Waals surface area contributed by atoms with E-state index >= 15 is 0 Å². The quantitative estimate of drug-likeness (QED) is 0.0672. The molecule has 0 bridgehead atoms. The van der Waals surface area contributed by atoms with Crippen LogP contribution in [0.4, 0.5) is 105 Å². The Labute approximate surface area is 392 Å². The summed E-state index contributed by atoms with van der Waals surface area (Å²) < 4.78 is 341. The van der Waals surface area contributed by atoms with Gasteiger partial charge in [-0.3, -0.25) is 9.59 Å². The molecule has 0 aliphatic heterocycles. The number of Topliss-reactive ketones (excluding diaryl/α,β-unsaturated/α-hetero) is 2. The van der Waals surface area contributed by atoms with Crippen molar-refractivity contribution in [2.45, 2.75) is 56.3 Å². The van der Waals surface area contributed by atoms with Crippen LogP contribution in [0.15, 0.2) is 97.1 Å². The minimum atomic E-state index is -6.13. The van der Waals surface area contributed by atoms with Crippen LogP contribution < -0.4 is 21.9 Å². The Morgan fingerprint density at radius 2 is 0.556 bits per heavy atom. The Hall–Kier alpha value is -5.83. The zero-order chi connectivity index (χ0) is 55.3. The van der Waals surface area contributed by atoms with Crippen molar-refractivity contribution in [1.82, 2.24) is 0 Å². The third kappa shape index (κ3) is 13.6. The molecule has 0 heterocycles. The SMILES string of the molecule is CC(=O)c1ccccc1C(=O)C[S+](C)C.FC(F)(F)c1cc([B-](c2cc(C(F)(F)F)cc(C(F)(F)F)c2)(c2cc(C(F)(F)F)cc(C(F)(F)F)c2)c2cc(C(F)(F)F)cc(C(F)(F)F)c2)cc(C(F)(F)F)c1. The summed E-state index contributed by atoms with van der Waals surface area (Å²) in [5.74, 6) is 0.532. The lowest BCUT2D eigenvalue weighted by molar-refractivity contribution is -0.144. The van der Waals surface area contributed by atoms with Crippen molar-refractivity contribution in [3.05, 3.63) is 153 Å². The smallest absolute Gasteiger partial charge is 0.294 e. The summed E-state index contributed by atoms with van der Waals surface area (Å²) >= 11 is 0. The van der Waals surface area contributed by atoms with Crippen molar-refractivity contribution in [3.8, 4) is 0 Å². The van der Waals surface area contributed by atoms with Gasteiger partial charge in [-0.05, 0) is 42.1 Å². The average Bonchev–Trinajstić information content (AvgIpc) is 3.21. The van der Waals surface area contributed by atoms with Crippen LogP contribution in [0, 0.1) is 0 Å². The first-order valence-corrected chi connectivity index (χ1v) is 21.5. The van der Waals surface area contributed by atoms with Crippen LogP contribution in [0.5, 0.6) is 0 Å². The summed E-state index contributed by atoms with van der Waals surface area (Å²) in [4.78, 5) is 23.1. The molecule has 5 aromatic rings. The van der Waals surface area contributed by atoms with Crippen molar-refractivity contribution in [1.29, 1.82) is 0 Å². The maximum Gasteiger partial charge on any atom is 0.416 e. The fourth-order valence-electron chi connectivity index (χ4n) is 7.44. The first-order valence-electron chi connectivity index (χ1n) is 19.3. The van der Waals surface area contributed by atoms with Crippen LogP contribution in [-0.2, 0) is 60.3 Å². The molecule has 0 saturated heterocycles. The van der Waals surface area contributed by atoms with E-state index in [1.165, 1.54) is 6.92 Å². The number of alkyl halides is 24. The lowest BCUT2D eigenvalue weighted by Gasteiger charge is -2.46. The van der Waals surface area contributed by atoms with Crippen LogP contribution in [0.1, 0.15) is 72.1 Å². The van der Waals surface area contributed by atoms with Gasteiger partial charge in [-0.2, -0.15) is 127 Å². The third-order valence-electron chi connectivity index (χ3n) is 10.5. The largest absolute Gasteiger partial charge is 0.416 e. The lowest BCUT2D eigenvalue weighted by atomic mass is 9.12. The van der Waals surface area contributed by atoms with Crippen LogP contribution in [0.25, 0.3) is 0 Å². The van der Waals surface area contributed by atoms with Crippen molar-refractivity contribution >= 4 is 50.5 Å². The Bertz CT molecular complexity index is 2370. The number of rotatable bonds is 8. The highest BCUT2D eigenvalue weighted by atomic mass is 32.2. The molecule has 0 unspecified atom stereocenters. The molecular weight excluding hydrogens is 1060 g/mol. The molecule has 0 spiro atoms. The van der Waals surface area contributed by atoms with Crippen LogP contribution in [0.3, 0.4) is 0 Å². The molecule has 0 fully saturated rings. The van der Waals surface area contributed by atoms with E-state index in [-0.39, 0.29) is 22.5 Å². The van der Waals surface area contributed by atoms with Gasteiger partial charge in [0.2, 0.25) is 5.78 Å². The van der Waals surface area contributed by atoms with Crippen molar-refractivity contribution in [2.24, 2.45) is 0 Å².